The highest BCUT2D eigenvalue weighted by Gasteiger charge is 2.12. The number of hydrogen-bond donors (Lipinski definition) is 3. The van der Waals surface area contributed by atoms with E-state index in [1.54, 1.807) is 43.3 Å². The maximum absolute atomic E-state index is 12.3. The summed E-state index contributed by atoms with van der Waals surface area (Å²) in [7, 11) is 0. The topological polar surface area (TPSA) is 81.9 Å². The molecule has 24 heavy (non-hydrogen) atoms. The second kappa shape index (κ2) is 6.42. The molecular weight excluding hydrogens is 304 g/mol. The van der Waals surface area contributed by atoms with Crippen LogP contribution in [0, 0.1) is 0 Å². The minimum atomic E-state index is -0.502. The Balaban J connectivity index is 1.84. The van der Waals surface area contributed by atoms with Gasteiger partial charge in [-0.2, -0.15) is 5.10 Å². The van der Waals surface area contributed by atoms with Gasteiger partial charge >= 0.3 is 0 Å². The van der Waals surface area contributed by atoms with E-state index in [1.165, 1.54) is 0 Å². The lowest BCUT2D eigenvalue weighted by Crippen LogP contribution is -2.19. The Morgan fingerprint density at radius 3 is 2.38 bits per heavy atom. The number of nitrogens with zero attached hydrogens (tertiary/aromatic N) is 1. The van der Waals surface area contributed by atoms with Crippen LogP contribution < -0.4 is 5.43 Å². The highest BCUT2D eigenvalue weighted by molar-refractivity contribution is 6.03. The number of hydrazone groups is 1. The molecule has 0 saturated carbocycles. The number of carbonyl (C=O) groups is 1. The van der Waals surface area contributed by atoms with Crippen molar-refractivity contribution in [2.24, 2.45) is 5.10 Å². The minimum absolute atomic E-state index is 0.101. The van der Waals surface area contributed by atoms with Crippen LogP contribution >= 0.6 is 0 Å². The van der Waals surface area contributed by atoms with Crippen molar-refractivity contribution in [1.29, 1.82) is 0 Å². The first kappa shape index (κ1) is 15.6. The molecule has 0 fully saturated rings. The third-order valence-corrected chi connectivity index (χ3v) is 3.70. The Bertz CT molecular complexity index is 948. The van der Waals surface area contributed by atoms with E-state index in [1.807, 2.05) is 24.3 Å². The third kappa shape index (κ3) is 3.20. The zero-order chi connectivity index (χ0) is 17.1. The van der Waals surface area contributed by atoms with Gasteiger partial charge in [-0.15, -0.1) is 0 Å². The Kier molecular flexibility index (Phi) is 4.16. The maximum Gasteiger partial charge on any atom is 0.275 e. The number of carbonyl (C=O) groups excluding carboxylic acids is 1. The van der Waals surface area contributed by atoms with Gasteiger partial charge in [-0.25, -0.2) is 5.43 Å². The van der Waals surface area contributed by atoms with Crippen molar-refractivity contribution in [2.75, 3.05) is 0 Å². The standard InChI is InChI=1S/C19H16N2O3/c1-12(13-7-4-8-16(22)9-13)20-21-19(24)17-10-14-5-2-3-6-15(14)11-18(17)23/h2-11,22-23H,1H3,(H,21,24)/b20-12+. The number of hydrogen-bond acceptors (Lipinski definition) is 4. The first-order chi connectivity index (χ1) is 11.5. The molecule has 0 aliphatic heterocycles. The number of phenols is 2. The van der Waals surface area contributed by atoms with Crippen molar-refractivity contribution in [2.45, 2.75) is 6.92 Å². The van der Waals surface area contributed by atoms with Crippen molar-refractivity contribution >= 4 is 22.4 Å². The number of amides is 1. The van der Waals surface area contributed by atoms with Crippen molar-refractivity contribution in [1.82, 2.24) is 5.43 Å². The Labute approximate surface area is 138 Å². The molecule has 0 heterocycles. The van der Waals surface area contributed by atoms with E-state index in [0.29, 0.717) is 11.3 Å². The fourth-order valence-electron chi connectivity index (χ4n) is 2.40. The summed E-state index contributed by atoms with van der Waals surface area (Å²) in [5, 5.41) is 25.3. The monoisotopic (exact) mass is 320 g/mol. The van der Waals surface area contributed by atoms with Gasteiger partial charge in [-0.05, 0) is 42.0 Å². The summed E-state index contributed by atoms with van der Waals surface area (Å²) < 4.78 is 0. The summed E-state index contributed by atoms with van der Waals surface area (Å²) in [5.41, 5.74) is 3.82. The van der Waals surface area contributed by atoms with Crippen LogP contribution in [0.15, 0.2) is 65.8 Å². The predicted molar refractivity (Wildman–Crippen MR) is 93.4 cm³/mol. The van der Waals surface area contributed by atoms with Crippen LogP contribution in [-0.4, -0.2) is 21.8 Å². The molecule has 0 aliphatic carbocycles. The van der Waals surface area contributed by atoms with Crippen molar-refractivity contribution in [3.63, 3.8) is 0 Å². The van der Waals surface area contributed by atoms with Crippen LogP contribution in [0.5, 0.6) is 11.5 Å². The molecule has 0 aliphatic rings. The molecule has 3 aromatic rings. The molecule has 0 radical (unpaired) electrons. The van der Waals surface area contributed by atoms with E-state index in [9.17, 15) is 15.0 Å². The molecule has 120 valence electrons. The summed E-state index contributed by atoms with van der Waals surface area (Å²) in [5.74, 6) is -0.477. The fourth-order valence-corrected chi connectivity index (χ4v) is 2.40. The van der Waals surface area contributed by atoms with E-state index in [4.69, 9.17) is 0 Å². The van der Waals surface area contributed by atoms with Crippen LogP contribution in [-0.2, 0) is 0 Å². The molecule has 0 aromatic heterocycles. The van der Waals surface area contributed by atoms with E-state index < -0.39 is 5.91 Å². The fraction of sp³-hybridized carbons (Fsp3) is 0.0526. The van der Waals surface area contributed by atoms with Gasteiger partial charge in [-0.3, -0.25) is 4.79 Å². The second-order valence-electron chi connectivity index (χ2n) is 5.40. The average Bonchev–Trinajstić information content (AvgIpc) is 2.58. The van der Waals surface area contributed by atoms with E-state index in [-0.39, 0.29) is 17.1 Å². The van der Waals surface area contributed by atoms with Gasteiger partial charge in [0.2, 0.25) is 0 Å². The van der Waals surface area contributed by atoms with Crippen molar-refractivity contribution in [3.8, 4) is 11.5 Å². The zero-order valence-corrected chi connectivity index (χ0v) is 13.0. The van der Waals surface area contributed by atoms with E-state index in [2.05, 4.69) is 10.5 Å². The van der Waals surface area contributed by atoms with Gasteiger partial charge in [0.05, 0.1) is 11.3 Å². The van der Waals surface area contributed by atoms with Gasteiger partial charge in [0.25, 0.3) is 5.91 Å². The lowest BCUT2D eigenvalue weighted by Gasteiger charge is -2.07. The molecule has 5 heteroatoms. The van der Waals surface area contributed by atoms with Gasteiger partial charge in [0, 0.05) is 5.56 Å². The van der Waals surface area contributed by atoms with Gasteiger partial charge in [0.15, 0.2) is 0 Å². The first-order valence-corrected chi connectivity index (χ1v) is 7.40. The molecule has 3 rings (SSSR count). The highest BCUT2D eigenvalue weighted by atomic mass is 16.3. The number of nitrogens with one attached hydrogen (secondary N) is 1. The summed E-state index contributed by atoms with van der Waals surface area (Å²) in [6, 6.07) is 17.2. The van der Waals surface area contributed by atoms with Gasteiger partial charge in [0.1, 0.15) is 11.5 Å². The minimum Gasteiger partial charge on any atom is -0.508 e. The molecule has 3 aromatic carbocycles. The summed E-state index contributed by atoms with van der Waals surface area (Å²) >= 11 is 0. The third-order valence-electron chi connectivity index (χ3n) is 3.70. The highest BCUT2D eigenvalue weighted by Crippen LogP contribution is 2.24. The van der Waals surface area contributed by atoms with Crippen LogP contribution in [0.25, 0.3) is 10.8 Å². The van der Waals surface area contributed by atoms with Crippen molar-refractivity contribution < 1.29 is 15.0 Å². The molecule has 3 N–H and O–H groups in total. The number of phenolic OH excluding ortho intramolecular Hbond substituents is 2. The zero-order valence-electron chi connectivity index (χ0n) is 13.0. The van der Waals surface area contributed by atoms with Crippen LogP contribution in [0.2, 0.25) is 0 Å². The van der Waals surface area contributed by atoms with Crippen LogP contribution in [0.4, 0.5) is 0 Å². The Morgan fingerprint density at radius 1 is 0.958 bits per heavy atom. The Morgan fingerprint density at radius 2 is 1.67 bits per heavy atom. The van der Waals surface area contributed by atoms with Gasteiger partial charge < -0.3 is 10.2 Å². The molecule has 0 spiro atoms. The van der Waals surface area contributed by atoms with E-state index >= 15 is 0 Å². The summed E-state index contributed by atoms with van der Waals surface area (Å²) in [6.45, 7) is 1.72. The molecule has 5 nitrogen and oxygen atoms in total. The van der Waals surface area contributed by atoms with Gasteiger partial charge in [-0.1, -0.05) is 36.4 Å². The lowest BCUT2D eigenvalue weighted by molar-refractivity contribution is 0.0952. The first-order valence-electron chi connectivity index (χ1n) is 7.40. The number of aromatic hydroxyl groups is 2. The van der Waals surface area contributed by atoms with Crippen molar-refractivity contribution in [3.05, 3.63) is 71.8 Å². The molecular formula is C19H16N2O3. The average molecular weight is 320 g/mol. The number of rotatable bonds is 3. The normalized spacial score (nSPS) is 11.5. The quantitative estimate of drug-likeness (QED) is 0.511. The predicted octanol–water partition coefficient (Wildman–Crippen LogP) is 3.41. The van der Waals surface area contributed by atoms with E-state index in [0.717, 1.165) is 10.8 Å². The lowest BCUT2D eigenvalue weighted by atomic mass is 10.1. The maximum atomic E-state index is 12.3. The summed E-state index contributed by atoms with van der Waals surface area (Å²) in [4.78, 5) is 12.3. The molecule has 0 saturated heterocycles. The van der Waals surface area contributed by atoms with Crippen LogP contribution in [0.3, 0.4) is 0 Å². The second-order valence-corrected chi connectivity index (χ2v) is 5.40. The van der Waals surface area contributed by atoms with Crippen LogP contribution in [0.1, 0.15) is 22.8 Å². The Hall–Kier alpha value is -3.34. The molecule has 0 unspecified atom stereocenters. The summed E-state index contributed by atoms with van der Waals surface area (Å²) in [6.07, 6.45) is 0. The molecule has 0 bridgehead atoms. The molecule has 0 atom stereocenters. The number of fused-ring (bicyclic) bond motifs is 1. The smallest absolute Gasteiger partial charge is 0.275 e. The largest absolute Gasteiger partial charge is 0.508 e. The molecule has 1 amide bonds. The SMILES string of the molecule is C/C(=N\NC(=O)c1cc2ccccc2cc1O)c1cccc(O)c1. The number of benzene rings is 3.